The fourth-order valence-electron chi connectivity index (χ4n) is 2.81. The van der Waals surface area contributed by atoms with E-state index in [4.69, 9.17) is 0 Å². The van der Waals surface area contributed by atoms with Crippen LogP contribution in [0.2, 0.25) is 0 Å². The van der Waals surface area contributed by atoms with Crippen LogP contribution in [0.25, 0.3) is 10.2 Å². The van der Waals surface area contributed by atoms with E-state index in [1.165, 1.54) is 20.5 Å². The molecule has 3 rings (SSSR count). The fourth-order valence-corrected chi connectivity index (χ4v) is 3.66. The highest BCUT2D eigenvalue weighted by atomic mass is 32.1. The number of hydrogen-bond acceptors (Lipinski definition) is 4. The Hall–Kier alpha value is -2.67. The lowest BCUT2D eigenvalue weighted by Gasteiger charge is -2.12. The molecule has 2 aromatic heterocycles. The quantitative estimate of drug-likeness (QED) is 0.722. The van der Waals surface area contributed by atoms with E-state index >= 15 is 0 Å². The lowest BCUT2D eigenvalue weighted by atomic mass is 10.1. The van der Waals surface area contributed by atoms with Crippen molar-refractivity contribution >= 4 is 27.5 Å². The molecule has 0 saturated carbocycles. The summed E-state index contributed by atoms with van der Waals surface area (Å²) >= 11 is 1.29. The summed E-state index contributed by atoms with van der Waals surface area (Å²) in [7, 11) is 0. The van der Waals surface area contributed by atoms with Crippen LogP contribution in [0, 0.1) is 6.92 Å². The predicted molar refractivity (Wildman–Crippen MR) is 104 cm³/mol. The highest BCUT2D eigenvalue weighted by molar-refractivity contribution is 7.17. The first-order valence-electron chi connectivity index (χ1n) is 8.54. The number of nitrogens with one attached hydrogen (secondary N) is 1. The van der Waals surface area contributed by atoms with Gasteiger partial charge in [0.15, 0.2) is 0 Å². The van der Waals surface area contributed by atoms with Crippen LogP contribution in [-0.2, 0) is 24.4 Å². The second-order valence-corrected chi connectivity index (χ2v) is 7.14. The summed E-state index contributed by atoms with van der Waals surface area (Å²) in [5.74, 6) is -0.262. The molecule has 0 aliphatic carbocycles. The smallest absolute Gasteiger partial charge is 0.332 e. The summed E-state index contributed by atoms with van der Waals surface area (Å²) in [6.45, 7) is 4.54. The number of thiophene rings is 1. The topological polar surface area (TPSA) is 73.1 Å². The fraction of sp³-hybridized carbons (Fsp3) is 0.316. The largest absolute Gasteiger partial charge is 0.350 e. The van der Waals surface area contributed by atoms with Crippen molar-refractivity contribution < 1.29 is 4.79 Å². The van der Waals surface area contributed by atoms with Crippen LogP contribution >= 0.6 is 11.3 Å². The number of hydrogen-bond donors (Lipinski definition) is 1. The molecule has 7 heteroatoms. The first-order chi connectivity index (χ1) is 12.5. The van der Waals surface area contributed by atoms with E-state index in [2.05, 4.69) is 5.32 Å². The summed E-state index contributed by atoms with van der Waals surface area (Å²) in [5.41, 5.74) is 1.95. The molecule has 2 heterocycles. The summed E-state index contributed by atoms with van der Waals surface area (Å²) in [6, 6.07) is 9.61. The molecule has 1 amide bonds. The SMILES string of the molecule is CCCn1c(=O)c2sccc2n(CC(=O)NCc2ccc(C)cc2)c1=O. The molecular formula is C19H21N3O3S. The minimum absolute atomic E-state index is 0.109. The van der Waals surface area contributed by atoms with Crippen molar-refractivity contribution in [3.05, 3.63) is 67.7 Å². The van der Waals surface area contributed by atoms with Gasteiger partial charge in [-0.05, 0) is 30.4 Å². The number of amides is 1. The van der Waals surface area contributed by atoms with Crippen molar-refractivity contribution in [2.24, 2.45) is 0 Å². The van der Waals surface area contributed by atoms with Gasteiger partial charge in [-0.2, -0.15) is 0 Å². The van der Waals surface area contributed by atoms with Gasteiger partial charge in [-0.15, -0.1) is 11.3 Å². The average Bonchev–Trinajstić information content (AvgIpc) is 3.11. The van der Waals surface area contributed by atoms with Crippen LogP contribution < -0.4 is 16.6 Å². The Kier molecular flexibility index (Phi) is 5.37. The molecule has 3 aromatic rings. The molecule has 6 nitrogen and oxygen atoms in total. The number of carbonyl (C=O) groups excluding carboxylic acids is 1. The molecule has 0 atom stereocenters. The third kappa shape index (κ3) is 3.62. The number of fused-ring (bicyclic) bond motifs is 1. The Labute approximate surface area is 154 Å². The molecule has 1 N–H and O–H groups in total. The minimum atomic E-state index is -0.437. The summed E-state index contributed by atoms with van der Waals surface area (Å²) < 4.78 is 3.10. The highest BCUT2D eigenvalue weighted by Crippen LogP contribution is 2.15. The lowest BCUT2D eigenvalue weighted by molar-refractivity contribution is -0.121. The average molecular weight is 371 g/mol. The van der Waals surface area contributed by atoms with E-state index in [0.29, 0.717) is 29.7 Å². The summed E-state index contributed by atoms with van der Waals surface area (Å²) in [5, 5.41) is 4.60. The van der Waals surface area contributed by atoms with Gasteiger partial charge in [-0.1, -0.05) is 36.8 Å². The second kappa shape index (κ2) is 7.70. The van der Waals surface area contributed by atoms with Crippen molar-refractivity contribution in [1.82, 2.24) is 14.5 Å². The molecule has 1 aromatic carbocycles. The normalized spacial score (nSPS) is 11.0. The molecule has 0 aliphatic heterocycles. The molecular weight excluding hydrogens is 350 g/mol. The lowest BCUT2D eigenvalue weighted by Crippen LogP contribution is -2.42. The van der Waals surface area contributed by atoms with Crippen LogP contribution in [0.1, 0.15) is 24.5 Å². The van der Waals surface area contributed by atoms with Crippen LogP contribution in [0.15, 0.2) is 45.3 Å². The van der Waals surface area contributed by atoms with E-state index in [-0.39, 0.29) is 18.0 Å². The van der Waals surface area contributed by atoms with Gasteiger partial charge in [0.25, 0.3) is 5.56 Å². The number of carbonyl (C=O) groups is 1. The maximum Gasteiger partial charge on any atom is 0.332 e. The van der Waals surface area contributed by atoms with Crippen molar-refractivity contribution in [3.63, 3.8) is 0 Å². The Bertz CT molecular complexity index is 1040. The molecule has 26 heavy (non-hydrogen) atoms. The Morgan fingerprint density at radius 1 is 1.12 bits per heavy atom. The Balaban J connectivity index is 1.84. The molecule has 0 fully saturated rings. The van der Waals surface area contributed by atoms with Crippen LogP contribution in [0.3, 0.4) is 0 Å². The summed E-state index contributed by atoms with van der Waals surface area (Å²) in [4.78, 5) is 37.5. The van der Waals surface area contributed by atoms with E-state index in [1.54, 1.807) is 11.4 Å². The van der Waals surface area contributed by atoms with Gasteiger partial charge in [0.2, 0.25) is 5.91 Å². The molecule has 0 unspecified atom stereocenters. The Morgan fingerprint density at radius 3 is 2.54 bits per heavy atom. The van der Waals surface area contributed by atoms with E-state index < -0.39 is 5.69 Å². The maximum absolute atomic E-state index is 12.7. The van der Waals surface area contributed by atoms with Gasteiger partial charge in [-0.3, -0.25) is 18.7 Å². The standard InChI is InChI=1S/C19H21N3O3S/c1-3-9-21-18(24)17-15(8-10-26-17)22(19(21)25)12-16(23)20-11-14-6-4-13(2)5-7-14/h4-8,10H,3,9,11-12H2,1-2H3,(H,20,23). The van der Waals surface area contributed by atoms with Crippen LogP contribution in [0.4, 0.5) is 0 Å². The number of aryl methyl sites for hydroxylation is 1. The maximum atomic E-state index is 12.7. The predicted octanol–water partition coefficient (Wildman–Crippen LogP) is 2.26. The van der Waals surface area contributed by atoms with Crippen LogP contribution in [0.5, 0.6) is 0 Å². The van der Waals surface area contributed by atoms with Crippen molar-refractivity contribution in [3.8, 4) is 0 Å². The monoisotopic (exact) mass is 371 g/mol. The van der Waals surface area contributed by atoms with Gasteiger partial charge in [-0.25, -0.2) is 4.79 Å². The zero-order valence-corrected chi connectivity index (χ0v) is 15.6. The van der Waals surface area contributed by atoms with E-state index in [0.717, 1.165) is 11.1 Å². The highest BCUT2D eigenvalue weighted by Gasteiger charge is 2.15. The molecule has 136 valence electrons. The van der Waals surface area contributed by atoms with Crippen LogP contribution in [-0.4, -0.2) is 15.0 Å². The number of aromatic nitrogens is 2. The van der Waals surface area contributed by atoms with Gasteiger partial charge in [0.1, 0.15) is 11.2 Å². The van der Waals surface area contributed by atoms with Crippen molar-refractivity contribution in [1.29, 1.82) is 0 Å². The van der Waals surface area contributed by atoms with Gasteiger partial charge < -0.3 is 5.32 Å². The first-order valence-corrected chi connectivity index (χ1v) is 9.42. The number of benzene rings is 1. The molecule has 0 aliphatic rings. The van der Waals surface area contributed by atoms with Gasteiger partial charge in [0, 0.05) is 13.1 Å². The third-order valence-corrected chi connectivity index (χ3v) is 5.09. The molecule has 0 spiro atoms. The minimum Gasteiger partial charge on any atom is -0.350 e. The molecule has 0 bridgehead atoms. The molecule has 0 saturated heterocycles. The zero-order chi connectivity index (χ0) is 18.7. The van der Waals surface area contributed by atoms with Crippen molar-refractivity contribution in [2.75, 3.05) is 0 Å². The van der Waals surface area contributed by atoms with E-state index in [1.807, 2.05) is 38.1 Å². The Morgan fingerprint density at radius 2 is 1.85 bits per heavy atom. The van der Waals surface area contributed by atoms with Gasteiger partial charge >= 0.3 is 5.69 Å². The number of rotatable bonds is 6. The summed E-state index contributed by atoms with van der Waals surface area (Å²) in [6.07, 6.45) is 0.672. The third-order valence-electron chi connectivity index (χ3n) is 4.20. The van der Waals surface area contributed by atoms with Gasteiger partial charge in [0.05, 0.1) is 5.52 Å². The first kappa shape index (κ1) is 18.1. The molecule has 0 radical (unpaired) electrons. The second-order valence-electron chi connectivity index (χ2n) is 6.22. The number of nitrogens with zero attached hydrogens (tertiary/aromatic N) is 2. The van der Waals surface area contributed by atoms with Crippen molar-refractivity contribution in [2.45, 2.75) is 39.9 Å². The zero-order valence-electron chi connectivity index (χ0n) is 14.8. The van der Waals surface area contributed by atoms with E-state index in [9.17, 15) is 14.4 Å².